The fraction of sp³-hybridized carbons (Fsp3) is 0.571. The van der Waals surface area contributed by atoms with Crippen molar-refractivity contribution in [1.29, 1.82) is 0 Å². The largest absolute Gasteiger partial charge is 0.310 e. The van der Waals surface area contributed by atoms with Gasteiger partial charge in [0.25, 0.3) is 0 Å². The summed E-state index contributed by atoms with van der Waals surface area (Å²) in [4.78, 5) is 0. The van der Waals surface area contributed by atoms with Crippen molar-refractivity contribution in [3.05, 3.63) is 34.3 Å². The van der Waals surface area contributed by atoms with Crippen LogP contribution in [0.1, 0.15) is 43.2 Å². The molecule has 0 heterocycles. The molecule has 1 N–H and O–H groups in total. The Morgan fingerprint density at radius 2 is 2.00 bits per heavy atom. The van der Waals surface area contributed by atoms with E-state index in [0.717, 1.165) is 11.6 Å². The van der Waals surface area contributed by atoms with Gasteiger partial charge in [-0.05, 0) is 43.0 Å². The third kappa shape index (κ3) is 3.23. The average Bonchev–Trinajstić information content (AvgIpc) is 2.32. The van der Waals surface area contributed by atoms with Crippen LogP contribution < -0.4 is 5.32 Å². The summed E-state index contributed by atoms with van der Waals surface area (Å²) in [5.41, 5.74) is 2.66. The average molecular weight is 238 g/mol. The second kappa shape index (κ2) is 5.70. The maximum absolute atomic E-state index is 6.01. The van der Waals surface area contributed by atoms with Gasteiger partial charge in [0.05, 0.1) is 0 Å². The van der Waals surface area contributed by atoms with Crippen LogP contribution in [0.25, 0.3) is 0 Å². The van der Waals surface area contributed by atoms with Gasteiger partial charge in [-0.2, -0.15) is 0 Å². The van der Waals surface area contributed by atoms with Gasteiger partial charge in [-0.3, -0.25) is 0 Å². The van der Waals surface area contributed by atoms with Gasteiger partial charge in [0.15, 0.2) is 0 Å². The molecule has 0 aliphatic heterocycles. The fourth-order valence-corrected chi connectivity index (χ4v) is 2.59. The summed E-state index contributed by atoms with van der Waals surface area (Å²) in [6, 6.07) is 6.85. The number of nitrogens with one attached hydrogen (secondary N) is 1. The Balaban J connectivity index is 1.90. The molecule has 1 aromatic carbocycles. The highest BCUT2D eigenvalue weighted by atomic mass is 35.5. The van der Waals surface area contributed by atoms with E-state index in [9.17, 15) is 0 Å². The zero-order valence-electron chi connectivity index (χ0n) is 9.93. The first-order chi connectivity index (χ1) is 7.75. The minimum atomic E-state index is 0.715. The van der Waals surface area contributed by atoms with Crippen molar-refractivity contribution < 1.29 is 0 Å². The second-order valence-electron chi connectivity index (χ2n) is 4.79. The summed E-state index contributed by atoms with van der Waals surface area (Å²) in [6.45, 7) is 3.10. The van der Waals surface area contributed by atoms with Crippen LogP contribution in [0, 0.1) is 6.92 Å². The van der Waals surface area contributed by atoms with Gasteiger partial charge in [-0.15, -0.1) is 0 Å². The summed E-state index contributed by atoms with van der Waals surface area (Å²) in [5.74, 6) is 0. The molecule has 2 heteroatoms. The third-order valence-corrected chi connectivity index (χ3v) is 3.73. The Morgan fingerprint density at radius 1 is 1.25 bits per heavy atom. The van der Waals surface area contributed by atoms with Gasteiger partial charge < -0.3 is 5.32 Å². The molecular weight excluding hydrogens is 218 g/mol. The lowest BCUT2D eigenvalue weighted by molar-refractivity contribution is 0.372. The van der Waals surface area contributed by atoms with E-state index in [2.05, 4.69) is 24.4 Å². The molecule has 0 unspecified atom stereocenters. The first kappa shape index (κ1) is 11.9. The highest BCUT2D eigenvalue weighted by Gasteiger charge is 2.12. The Kier molecular flexibility index (Phi) is 4.25. The lowest BCUT2D eigenvalue weighted by atomic mass is 9.95. The van der Waals surface area contributed by atoms with Crippen molar-refractivity contribution >= 4 is 11.6 Å². The zero-order valence-corrected chi connectivity index (χ0v) is 10.7. The van der Waals surface area contributed by atoms with Crippen LogP contribution in [0.15, 0.2) is 18.2 Å². The molecule has 1 aromatic rings. The quantitative estimate of drug-likeness (QED) is 0.836. The second-order valence-corrected chi connectivity index (χ2v) is 5.22. The van der Waals surface area contributed by atoms with Crippen LogP contribution in [0.5, 0.6) is 0 Å². The third-order valence-electron chi connectivity index (χ3n) is 3.50. The van der Waals surface area contributed by atoms with E-state index in [-0.39, 0.29) is 0 Å². The van der Waals surface area contributed by atoms with E-state index < -0.39 is 0 Å². The van der Waals surface area contributed by atoms with Crippen LogP contribution in [-0.2, 0) is 6.54 Å². The first-order valence-electron chi connectivity index (χ1n) is 6.24. The van der Waals surface area contributed by atoms with Gasteiger partial charge in [0, 0.05) is 17.6 Å². The Morgan fingerprint density at radius 3 is 2.75 bits per heavy atom. The first-order valence-corrected chi connectivity index (χ1v) is 6.62. The predicted molar refractivity (Wildman–Crippen MR) is 69.9 cm³/mol. The minimum absolute atomic E-state index is 0.715. The van der Waals surface area contributed by atoms with Gasteiger partial charge in [-0.1, -0.05) is 36.9 Å². The summed E-state index contributed by atoms with van der Waals surface area (Å²) >= 11 is 6.01. The molecule has 1 aliphatic rings. The number of aryl methyl sites for hydroxylation is 1. The van der Waals surface area contributed by atoms with Crippen molar-refractivity contribution in [2.45, 2.75) is 51.6 Å². The SMILES string of the molecule is Cc1ccc(Cl)cc1CNC1CCCCC1. The van der Waals surface area contributed by atoms with E-state index >= 15 is 0 Å². The number of benzene rings is 1. The van der Waals surface area contributed by atoms with E-state index in [1.807, 2.05) is 6.07 Å². The molecular formula is C14H20ClN. The van der Waals surface area contributed by atoms with E-state index in [4.69, 9.17) is 11.6 Å². The molecule has 0 saturated heterocycles. The van der Waals surface area contributed by atoms with Crippen LogP contribution in [0.4, 0.5) is 0 Å². The highest BCUT2D eigenvalue weighted by molar-refractivity contribution is 6.30. The van der Waals surface area contributed by atoms with Crippen LogP contribution in [-0.4, -0.2) is 6.04 Å². The molecule has 0 spiro atoms. The molecule has 0 amide bonds. The maximum Gasteiger partial charge on any atom is 0.0409 e. The molecule has 0 atom stereocenters. The Hall–Kier alpha value is -0.530. The van der Waals surface area contributed by atoms with E-state index in [1.165, 1.54) is 43.2 Å². The zero-order chi connectivity index (χ0) is 11.4. The van der Waals surface area contributed by atoms with Gasteiger partial charge in [0.1, 0.15) is 0 Å². The van der Waals surface area contributed by atoms with Crippen LogP contribution in [0.3, 0.4) is 0 Å². The van der Waals surface area contributed by atoms with Crippen molar-refractivity contribution in [2.24, 2.45) is 0 Å². The molecule has 1 aliphatic carbocycles. The lowest BCUT2D eigenvalue weighted by Crippen LogP contribution is -2.30. The predicted octanol–water partition coefficient (Wildman–Crippen LogP) is 4.07. The standard InChI is InChI=1S/C14H20ClN/c1-11-7-8-13(15)9-12(11)10-16-14-5-3-2-4-6-14/h7-9,14,16H,2-6,10H2,1H3. The van der Waals surface area contributed by atoms with Crippen LogP contribution in [0.2, 0.25) is 5.02 Å². The van der Waals surface area contributed by atoms with Crippen molar-refractivity contribution in [2.75, 3.05) is 0 Å². The Labute approximate surface area is 103 Å². The molecule has 16 heavy (non-hydrogen) atoms. The molecule has 2 rings (SSSR count). The van der Waals surface area contributed by atoms with Gasteiger partial charge >= 0.3 is 0 Å². The molecule has 1 fully saturated rings. The topological polar surface area (TPSA) is 12.0 Å². The molecule has 1 saturated carbocycles. The van der Waals surface area contributed by atoms with Crippen molar-refractivity contribution in [3.63, 3.8) is 0 Å². The number of hydrogen-bond acceptors (Lipinski definition) is 1. The van der Waals surface area contributed by atoms with E-state index in [1.54, 1.807) is 0 Å². The summed E-state index contributed by atoms with van der Waals surface area (Å²) in [5, 5.41) is 4.49. The normalized spacial score (nSPS) is 17.6. The number of halogens is 1. The fourth-order valence-electron chi connectivity index (χ4n) is 2.39. The molecule has 0 radical (unpaired) electrons. The van der Waals surface area contributed by atoms with Crippen LogP contribution >= 0.6 is 11.6 Å². The molecule has 1 nitrogen and oxygen atoms in total. The highest BCUT2D eigenvalue weighted by Crippen LogP contribution is 2.19. The number of hydrogen-bond donors (Lipinski definition) is 1. The Bertz CT molecular complexity index is 343. The number of rotatable bonds is 3. The molecule has 0 bridgehead atoms. The van der Waals surface area contributed by atoms with Crippen molar-refractivity contribution in [1.82, 2.24) is 5.32 Å². The lowest BCUT2D eigenvalue weighted by Gasteiger charge is -2.23. The van der Waals surface area contributed by atoms with E-state index in [0.29, 0.717) is 6.04 Å². The molecule has 88 valence electrons. The summed E-state index contributed by atoms with van der Waals surface area (Å²) in [7, 11) is 0. The maximum atomic E-state index is 6.01. The minimum Gasteiger partial charge on any atom is -0.310 e. The smallest absolute Gasteiger partial charge is 0.0409 e. The monoisotopic (exact) mass is 237 g/mol. The van der Waals surface area contributed by atoms with Gasteiger partial charge in [-0.25, -0.2) is 0 Å². The summed E-state index contributed by atoms with van der Waals surface area (Å²) in [6.07, 6.45) is 6.84. The molecule has 0 aromatic heterocycles. The van der Waals surface area contributed by atoms with Crippen molar-refractivity contribution in [3.8, 4) is 0 Å². The van der Waals surface area contributed by atoms with Gasteiger partial charge in [0.2, 0.25) is 0 Å². The summed E-state index contributed by atoms with van der Waals surface area (Å²) < 4.78 is 0.